The van der Waals surface area contributed by atoms with Crippen LogP contribution in [0.25, 0.3) is 0 Å². The molecule has 5 N–H and O–H groups in total. The van der Waals surface area contributed by atoms with Gasteiger partial charge < -0.3 is 21.3 Å². The molecule has 2 amide bonds. The van der Waals surface area contributed by atoms with Crippen LogP contribution >= 0.6 is 11.8 Å². The number of rotatable bonds is 5. The second-order valence-electron chi connectivity index (χ2n) is 6.14. The number of carbonyl (C=O) groups is 3. The van der Waals surface area contributed by atoms with Crippen molar-refractivity contribution in [2.75, 3.05) is 5.75 Å². The molecule has 0 radical (unpaired) electrons. The Morgan fingerprint density at radius 2 is 2.00 bits per heavy atom. The summed E-state index contributed by atoms with van der Waals surface area (Å²) in [5.74, 6) is -1.71. The van der Waals surface area contributed by atoms with Gasteiger partial charge in [-0.1, -0.05) is 24.3 Å². The van der Waals surface area contributed by atoms with E-state index in [1.807, 2.05) is 0 Å². The van der Waals surface area contributed by atoms with E-state index in [2.05, 4.69) is 5.32 Å². The molecule has 2 aliphatic heterocycles. The first-order valence-electron chi connectivity index (χ1n) is 8.24. The molecule has 2 heterocycles. The Bertz CT molecular complexity index is 855. The zero-order valence-electron chi connectivity index (χ0n) is 14.5. The van der Waals surface area contributed by atoms with Crippen LogP contribution in [0.3, 0.4) is 0 Å². The zero-order chi connectivity index (χ0) is 19.7. The van der Waals surface area contributed by atoms with Gasteiger partial charge in [-0.15, -0.1) is 11.8 Å². The summed E-state index contributed by atoms with van der Waals surface area (Å²) in [6.45, 7) is 1.77. The second kappa shape index (κ2) is 9.15. The third-order valence-electron chi connectivity index (χ3n) is 4.40. The summed E-state index contributed by atoms with van der Waals surface area (Å²) in [5, 5.41) is 20.9. The standard InChI is InChI=1S/C18H19N3O5S.Na.H/c1-2-3-10-8-27-17-13(16(24)21(17)14(10)18(25)26)20-15(23)12(19)9-4-6-11(22)7-5-9;;/h2-7,12-13,17,22H,8,19H2,1H3,(H,20,23)(H,25,26);;/b3-2+;;/t12?,13-,17-;;/m1../s1. The van der Waals surface area contributed by atoms with Crippen molar-refractivity contribution in [1.82, 2.24) is 10.2 Å². The molecule has 0 spiro atoms. The number of phenolic OH excluding ortho intramolecular Hbond substituents is 1. The first kappa shape index (κ1) is 22.5. The Morgan fingerprint density at radius 3 is 2.57 bits per heavy atom. The van der Waals surface area contributed by atoms with Crippen LogP contribution in [0, 0.1) is 0 Å². The summed E-state index contributed by atoms with van der Waals surface area (Å²) < 4.78 is 0. The molecule has 3 rings (SSSR count). The van der Waals surface area contributed by atoms with Crippen LogP contribution in [0.15, 0.2) is 47.7 Å². The number of carboxylic acid groups (broad SMARTS) is 1. The number of aliphatic carboxylic acids is 1. The van der Waals surface area contributed by atoms with Gasteiger partial charge in [-0.3, -0.25) is 14.5 Å². The van der Waals surface area contributed by atoms with Crippen molar-refractivity contribution in [2.24, 2.45) is 5.73 Å². The summed E-state index contributed by atoms with van der Waals surface area (Å²) >= 11 is 1.39. The molecule has 1 aromatic carbocycles. The molecule has 8 nitrogen and oxygen atoms in total. The maximum atomic E-state index is 12.5. The van der Waals surface area contributed by atoms with Gasteiger partial charge in [0.2, 0.25) is 5.91 Å². The number of aromatic hydroxyl groups is 1. The van der Waals surface area contributed by atoms with Crippen LogP contribution in [0.4, 0.5) is 0 Å². The van der Waals surface area contributed by atoms with E-state index in [4.69, 9.17) is 5.73 Å². The Kier molecular flexibility index (Phi) is 7.35. The quantitative estimate of drug-likeness (QED) is 0.396. The first-order valence-corrected chi connectivity index (χ1v) is 9.28. The number of hydrogen-bond acceptors (Lipinski definition) is 6. The average Bonchev–Trinajstić information content (AvgIpc) is 2.65. The number of nitrogens with one attached hydrogen (secondary N) is 1. The second-order valence-corrected chi connectivity index (χ2v) is 7.25. The van der Waals surface area contributed by atoms with Crippen LogP contribution in [0.2, 0.25) is 0 Å². The number of carboxylic acids is 1. The molecule has 3 atom stereocenters. The molecule has 1 unspecified atom stereocenters. The van der Waals surface area contributed by atoms with Gasteiger partial charge in [0.25, 0.3) is 5.91 Å². The first-order chi connectivity index (χ1) is 12.8. The number of nitrogens with zero attached hydrogens (tertiary/aromatic N) is 1. The third kappa shape index (κ3) is 4.13. The predicted molar refractivity (Wildman–Crippen MR) is 107 cm³/mol. The molecule has 1 fully saturated rings. The number of carbonyl (C=O) groups excluding carboxylic acids is 2. The van der Waals surface area contributed by atoms with Crippen LogP contribution < -0.4 is 11.1 Å². The van der Waals surface area contributed by atoms with Crippen molar-refractivity contribution < 1.29 is 24.6 Å². The van der Waals surface area contributed by atoms with E-state index in [0.29, 0.717) is 16.9 Å². The summed E-state index contributed by atoms with van der Waals surface area (Å²) in [4.78, 5) is 37.7. The number of β-lactam (4-membered cyclic amide) rings is 1. The van der Waals surface area contributed by atoms with E-state index in [9.17, 15) is 24.6 Å². The summed E-state index contributed by atoms with van der Waals surface area (Å²) in [5.41, 5.74) is 6.93. The molecule has 0 aromatic heterocycles. The molecule has 10 heteroatoms. The molecule has 144 valence electrons. The fourth-order valence-corrected chi connectivity index (χ4v) is 4.37. The Balaban J connectivity index is 0.00000280. The van der Waals surface area contributed by atoms with Crippen molar-refractivity contribution in [3.8, 4) is 5.75 Å². The molecule has 2 aliphatic rings. The number of thioether (sulfide) groups is 1. The van der Waals surface area contributed by atoms with Gasteiger partial charge in [-0.05, 0) is 30.2 Å². The van der Waals surface area contributed by atoms with Crippen LogP contribution in [0.5, 0.6) is 5.75 Å². The SMILES string of the molecule is C/C=C/C1=C(C(=O)O)N2C(=O)[C@@H](NC(=O)C(N)c3ccc(O)cc3)[C@H]2SC1.[NaH]. The van der Waals surface area contributed by atoms with E-state index in [0.717, 1.165) is 0 Å². The normalized spacial score (nSPS) is 22.2. The van der Waals surface area contributed by atoms with Gasteiger partial charge in [0.05, 0.1) is 0 Å². The summed E-state index contributed by atoms with van der Waals surface area (Å²) in [7, 11) is 0. The van der Waals surface area contributed by atoms with Gasteiger partial charge in [0.1, 0.15) is 28.9 Å². The Labute approximate surface area is 188 Å². The maximum absolute atomic E-state index is 12.5. The number of benzene rings is 1. The van der Waals surface area contributed by atoms with Crippen LogP contribution in [-0.4, -0.2) is 79.6 Å². The number of hydrogen-bond donors (Lipinski definition) is 4. The van der Waals surface area contributed by atoms with Gasteiger partial charge in [-0.25, -0.2) is 4.79 Å². The fraction of sp³-hybridized carbons (Fsp3) is 0.278. The van der Waals surface area contributed by atoms with Crippen LogP contribution in [0.1, 0.15) is 18.5 Å². The van der Waals surface area contributed by atoms with E-state index >= 15 is 0 Å². The molecule has 0 aliphatic carbocycles. The van der Waals surface area contributed by atoms with Crippen molar-refractivity contribution in [1.29, 1.82) is 0 Å². The number of phenols is 1. The van der Waals surface area contributed by atoms with Crippen LogP contribution in [-0.2, 0) is 14.4 Å². The van der Waals surface area contributed by atoms with Crippen molar-refractivity contribution in [3.05, 3.63) is 53.3 Å². The van der Waals surface area contributed by atoms with Crippen molar-refractivity contribution in [3.63, 3.8) is 0 Å². The molecule has 1 saturated heterocycles. The fourth-order valence-electron chi connectivity index (χ4n) is 3.05. The zero-order valence-corrected chi connectivity index (χ0v) is 15.3. The monoisotopic (exact) mass is 413 g/mol. The minimum atomic E-state index is -1.17. The van der Waals surface area contributed by atoms with Crippen molar-refractivity contribution >= 4 is 59.1 Å². The molecule has 28 heavy (non-hydrogen) atoms. The molecule has 0 saturated carbocycles. The van der Waals surface area contributed by atoms with E-state index in [1.165, 1.54) is 40.9 Å². The van der Waals surface area contributed by atoms with Gasteiger partial charge >= 0.3 is 35.5 Å². The van der Waals surface area contributed by atoms with Crippen molar-refractivity contribution in [2.45, 2.75) is 24.4 Å². The summed E-state index contributed by atoms with van der Waals surface area (Å²) in [6.07, 6.45) is 3.39. The number of amides is 2. The Morgan fingerprint density at radius 1 is 1.36 bits per heavy atom. The van der Waals surface area contributed by atoms with Gasteiger partial charge in [0, 0.05) is 5.75 Å². The molecular formula is C18H20N3NaO5S. The molecule has 1 aromatic rings. The van der Waals surface area contributed by atoms with Gasteiger partial charge in [0.15, 0.2) is 0 Å². The number of allylic oxidation sites excluding steroid dienone is 2. The molecular weight excluding hydrogens is 393 g/mol. The van der Waals surface area contributed by atoms with E-state index in [1.54, 1.807) is 19.1 Å². The van der Waals surface area contributed by atoms with Gasteiger partial charge in [-0.2, -0.15) is 0 Å². The average molecular weight is 413 g/mol. The minimum absolute atomic E-state index is 0. The van der Waals surface area contributed by atoms with E-state index < -0.39 is 35.2 Å². The number of nitrogens with two attached hydrogens (primary N) is 1. The third-order valence-corrected chi connectivity index (χ3v) is 5.70. The van der Waals surface area contributed by atoms with E-state index in [-0.39, 0.29) is 41.0 Å². The predicted octanol–water partition coefficient (Wildman–Crippen LogP) is 0.0582. The summed E-state index contributed by atoms with van der Waals surface area (Å²) in [6, 6.07) is 4.06. The number of fused-ring (bicyclic) bond motifs is 1. The Hall–Kier alpha value is -1.78. The topological polar surface area (TPSA) is 133 Å². The molecule has 0 bridgehead atoms.